The van der Waals surface area contributed by atoms with Crippen LogP contribution >= 0.6 is 23.5 Å². The molecule has 2 aromatic heterocycles. The first kappa shape index (κ1) is 20.0. The molecule has 0 unspecified atom stereocenters. The Hall–Kier alpha value is -2.72. The van der Waals surface area contributed by atoms with Crippen molar-refractivity contribution in [2.24, 2.45) is 7.05 Å². The van der Waals surface area contributed by atoms with Crippen LogP contribution in [0.25, 0.3) is 0 Å². The van der Waals surface area contributed by atoms with Crippen molar-refractivity contribution in [2.75, 3.05) is 17.3 Å². The molecule has 2 N–H and O–H groups in total. The second kappa shape index (κ2) is 9.47. The normalized spacial score (nSPS) is 10.6. The molecule has 0 aliphatic carbocycles. The highest BCUT2D eigenvalue weighted by atomic mass is 32.2. The zero-order chi connectivity index (χ0) is 19.9. The monoisotopic (exact) mass is 417 g/mol. The number of hydrogen-bond acceptors (Lipinski definition) is 7. The molecular formula is C18H19N5O3S2. The van der Waals surface area contributed by atoms with Gasteiger partial charge in [-0.1, -0.05) is 17.8 Å². The third-order valence-corrected chi connectivity index (χ3v) is 5.51. The van der Waals surface area contributed by atoms with Gasteiger partial charge in [0, 0.05) is 17.6 Å². The van der Waals surface area contributed by atoms with E-state index in [1.165, 1.54) is 18.0 Å². The van der Waals surface area contributed by atoms with E-state index in [2.05, 4.69) is 20.8 Å². The molecule has 3 rings (SSSR count). The average molecular weight is 418 g/mol. The number of benzene rings is 1. The van der Waals surface area contributed by atoms with Gasteiger partial charge >= 0.3 is 0 Å². The molecule has 0 aliphatic heterocycles. The van der Waals surface area contributed by atoms with E-state index in [1.807, 2.05) is 30.5 Å². The molecule has 0 atom stereocenters. The molecule has 10 heteroatoms. The molecule has 0 bridgehead atoms. The molecule has 0 saturated heterocycles. The SMILES string of the molecule is CSc1cccc(NC(=O)CSc2nnc(CNC(=O)c3ccco3)n2C)c1. The van der Waals surface area contributed by atoms with Gasteiger partial charge in [-0.3, -0.25) is 9.59 Å². The van der Waals surface area contributed by atoms with E-state index in [1.54, 1.807) is 35.5 Å². The van der Waals surface area contributed by atoms with Crippen molar-refractivity contribution >= 4 is 41.0 Å². The Bertz CT molecular complexity index is 956. The minimum absolute atomic E-state index is 0.126. The molecule has 28 heavy (non-hydrogen) atoms. The van der Waals surface area contributed by atoms with Crippen LogP contribution in [0.15, 0.2) is 57.1 Å². The molecule has 146 valence electrons. The lowest BCUT2D eigenvalue weighted by Crippen LogP contribution is -2.24. The number of carbonyl (C=O) groups excluding carboxylic acids is 2. The number of anilines is 1. The summed E-state index contributed by atoms with van der Waals surface area (Å²) in [5, 5.41) is 14.3. The Morgan fingerprint density at radius 1 is 1.21 bits per heavy atom. The fourth-order valence-electron chi connectivity index (χ4n) is 2.31. The Labute approximate surface area is 170 Å². The van der Waals surface area contributed by atoms with E-state index in [4.69, 9.17) is 4.42 Å². The summed E-state index contributed by atoms with van der Waals surface area (Å²) >= 11 is 2.89. The van der Waals surface area contributed by atoms with Crippen LogP contribution in [0.5, 0.6) is 0 Å². The molecular weight excluding hydrogens is 398 g/mol. The average Bonchev–Trinajstić information content (AvgIpc) is 3.35. The first-order valence-electron chi connectivity index (χ1n) is 8.33. The molecule has 0 radical (unpaired) electrons. The van der Waals surface area contributed by atoms with Gasteiger partial charge in [-0.25, -0.2) is 0 Å². The van der Waals surface area contributed by atoms with Gasteiger partial charge in [-0.2, -0.15) is 0 Å². The number of amides is 2. The summed E-state index contributed by atoms with van der Waals surface area (Å²) < 4.78 is 6.79. The van der Waals surface area contributed by atoms with Gasteiger partial charge in [0.1, 0.15) is 0 Å². The number of nitrogens with zero attached hydrogens (tertiary/aromatic N) is 3. The van der Waals surface area contributed by atoms with Crippen LogP contribution < -0.4 is 10.6 Å². The number of carbonyl (C=O) groups is 2. The van der Waals surface area contributed by atoms with Crippen molar-refractivity contribution < 1.29 is 14.0 Å². The molecule has 0 spiro atoms. The van der Waals surface area contributed by atoms with E-state index in [0.717, 1.165) is 10.6 Å². The van der Waals surface area contributed by atoms with Crippen molar-refractivity contribution in [3.63, 3.8) is 0 Å². The number of hydrogen-bond donors (Lipinski definition) is 2. The Morgan fingerprint density at radius 3 is 2.82 bits per heavy atom. The van der Waals surface area contributed by atoms with Gasteiger partial charge in [0.15, 0.2) is 16.7 Å². The Balaban J connectivity index is 1.51. The third kappa shape index (κ3) is 5.17. The van der Waals surface area contributed by atoms with E-state index >= 15 is 0 Å². The van der Waals surface area contributed by atoms with Crippen LogP contribution in [-0.2, 0) is 18.4 Å². The number of nitrogens with one attached hydrogen (secondary N) is 2. The maximum Gasteiger partial charge on any atom is 0.287 e. The van der Waals surface area contributed by atoms with Crippen LogP contribution in [0.2, 0.25) is 0 Å². The topological polar surface area (TPSA) is 102 Å². The smallest absolute Gasteiger partial charge is 0.287 e. The molecule has 0 saturated carbocycles. The lowest BCUT2D eigenvalue weighted by Gasteiger charge is -2.07. The Morgan fingerprint density at radius 2 is 2.07 bits per heavy atom. The quantitative estimate of drug-likeness (QED) is 0.543. The molecule has 8 nitrogen and oxygen atoms in total. The highest BCUT2D eigenvalue weighted by Crippen LogP contribution is 2.20. The zero-order valence-electron chi connectivity index (χ0n) is 15.3. The standard InChI is InChI=1S/C18H19N5O3S2/c1-23-15(10-19-17(25)14-7-4-8-26-14)21-22-18(23)28-11-16(24)20-12-5-3-6-13(9-12)27-2/h3-9H,10-11H2,1-2H3,(H,19,25)(H,20,24). The van der Waals surface area contributed by atoms with Gasteiger partial charge in [0.2, 0.25) is 5.91 Å². The molecule has 2 amide bonds. The molecule has 0 aliphatic rings. The van der Waals surface area contributed by atoms with Crippen LogP contribution in [0.3, 0.4) is 0 Å². The number of rotatable bonds is 8. The van der Waals surface area contributed by atoms with E-state index in [9.17, 15) is 9.59 Å². The predicted molar refractivity (Wildman–Crippen MR) is 108 cm³/mol. The second-order valence-corrected chi connectivity index (χ2v) is 7.51. The summed E-state index contributed by atoms with van der Waals surface area (Å²) in [6.45, 7) is 0.206. The Kier molecular flexibility index (Phi) is 6.77. The van der Waals surface area contributed by atoms with Crippen LogP contribution in [0.4, 0.5) is 5.69 Å². The fraction of sp³-hybridized carbons (Fsp3) is 0.222. The van der Waals surface area contributed by atoms with Gasteiger partial charge in [-0.15, -0.1) is 22.0 Å². The minimum atomic E-state index is -0.325. The van der Waals surface area contributed by atoms with Crippen LogP contribution in [0.1, 0.15) is 16.4 Å². The van der Waals surface area contributed by atoms with Crippen molar-refractivity contribution in [3.8, 4) is 0 Å². The zero-order valence-corrected chi connectivity index (χ0v) is 17.0. The van der Waals surface area contributed by atoms with E-state index < -0.39 is 0 Å². The number of furan rings is 1. The van der Waals surface area contributed by atoms with Crippen LogP contribution in [0, 0.1) is 0 Å². The maximum atomic E-state index is 12.2. The summed E-state index contributed by atoms with van der Waals surface area (Å²) in [6.07, 6.45) is 3.42. The van der Waals surface area contributed by atoms with Gasteiger partial charge in [0.05, 0.1) is 18.6 Å². The van der Waals surface area contributed by atoms with Gasteiger partial charge < -0.3 is 19.6 Å². The molecule has 0 fully saturated rings. The minimum Gasteiger partial charge on any atom is -0.459 e. The molecule has 3 aromatic rings. The molecule has 2 heterocycles. The lowest BCUT2D eigenvalue weighted by atomic mass is 10.3. The summed E-state index contributed by atoms with van der Waals surface area (Å²) in [7, 11) is 1.79. The third-order valence-electron chi connectivity index (χ3n) is 3.76. The number of aromatic nitrogens is 3. The van der Waals surface area contributed by atoms with E-state index in [-0.39, 0.29) is 29.9 Å². The lowest BCUT2D eigenvalue weighted by molar-refractivity contribution is -0.113. The summed E-state index contributed by atoms with van der Waals surface area (Å²) in [5.74, 6) is 0.566. The fourth-order valence-corrected chi connectivity index (χ4v) is 3.50. The highest BCUT2D eigenvalue weighted by Gasteiger charge is 2.14. The molecule has 1 aromatic carbocycles. The predicted octanol–water partition coefficient (Wildman–Crippen LogP) is 2.79. The van der Waals surface area contributed by atoms with Gasteiger partial charge in [0.25, 0.3) is 5.91 Å². The first-order valence-corrected chi connectivity index (χ1v) is 10.5. The number of thioether (sulfide) groups is 2. The van der Waals surface area contributed by atoms with Crippen molar-refractivity contribution in [1.29, 1.82) is 0 Å². The highest BCUT2D eigenvalue weighted by molar-refractivity contribution is 7.99. The van der Waals surface area contributed by atoms with Crippen LogP contribution in [-0.4, -0.2) is 38.6 Å². The van der Waals surface area contributed by atoms with Gasteiger partial charge in [-0.05, 0) is 36.6 Å². The van der Waals surface area contributed by atoms with Crippen molar-refractivity contribution in [1.82, 2.24) is 20.1 Å². The van der Waals surface area contributed by atoms with Crippen molar-refractivity contribution in [3.05, 3.63) is 54.2 Å². The summed E-state index contributed by atoms with van der Waals surface area (Å²) in [5.41, 5.74) is 0.761. The maximum absolute atomic E-state index is 12.2. The first-order chi connectivity index (χ1) is 13.6. The summed E-state index contributed by atoms with van der Waals surface area (Å²) in [6, 6.07) is 10.9. The largest absolute Gasteiger partial charge is 0.459 e. The van der Waals surface area contributed by atoms with Crippen molar-refractivity contribution in [2.45, 2.75) is 16.6 Å². The summed E-state index contributed by atoms with van der Waals surface area (Å²) in [4.78, 5) is 25.2. The van der Waals surface area contributed by atoms with E-state index in [0.29, 0.717) is 11.0 Å². The second-order valence-electron chi connectivity index (χ2n) is 5.69.